The molecule has 76 heavy (non-hydrogen) atoms. The number of phenols is 1. The molecule has 2 fully saturated rings. The molecule has 0 radical (unpaired) electrons. The van der Waals surface area contributed by atoms with Crippen molar-refractivity contribution in [3.05, 3.63) is 82.9 Å². The number of piperidine rings is 2. The number of nitrogens with zero attached hydrogens (tertiary/aromatic N) is 2. The lowest BCUT2D eigenvalue weighted by molar-refractivity contribution is -0.173. The van der Waals surface area contributed by atoms with E-state index in [1.54, 1.807) is 47.8 Å². The van der Waals surface area contributed by atoms with Gasteiger partial charge in [-0.1, -0.05) is 61.5 Å². The summed E-state index contributed by atoms with van der Waals surface area (Å²) in [4.78, 5) is 123. The van der Waals surface area contributed by atoms with Crippen molar-refractivity contribution in [2.45, 2.75) is 124 Å². The van der Waals surface area contributed by atoms with Gasteiger partial charge in [-0.2, -0.15) is 13.2 Å². The zero-order valence-electron chi connectivity index (χ0n) is 40.6. The normalized spacial score (nSPS) is 17.0. The Morgan fingerprint density at radius 2 is 1.13 bits per heavy atom. The largest absolute Gasteiger partial charge is 0.508 e. The number of ether oxygens (including phenoxy) is 2. The minimum Gasteiger partial charge on any atom is -0.508 e. The lowest BCUT2D eigenvalue weighted by Crippen LogP contribution is -2.57. The van der Waals surface area contributed by atoms with Crippen LogP contribution in [0, 0.1) is 0 Å². The average Bonchev–Trinajstić information content (AvgIpc) is 3.32. The molecule has 2 unspecified atom stereocenters. The molecular weight excluding hydrogens is 1070 g/mol. The Balaban J connectivity index is 0.000000269. The molecule has 410 valence electrons. The van der Waals surface area contributed by atoms with Gasteiger partial charge in [0, 0.05) is 53.2 Å². The number of alkyl carbamates (subject to hydrolysis) is 1. The van der Waals surface area contributed by atoms with Gasteiger partial charge in [0.25, 0.3) is 23.6 Å². The van der Waals surface area contributed by atoms with Crippen LogP contribution in [0.2, 0.25) is 0 Å². The summed E-state index contributed by atoms with van der Waals surface area (Å²) in [5.41, 5.74) is 0.521. The van der Waals surface area contributed by atoms with Crippen LogP contribution in [0.15, 0.2) is 60.7 Å². The van der Waals surface area contributed by atoms with Crippen LogP contribution in [0.5, 0.6) is 11.5 Å². The number of nitrogens with one attached hydrogen (secondary N) is 4. The molecule has 8 rings (SSSR count). The van der Waals surface area contributed by atoms with Gasteiger partial charge >= 0.3 is 18.2 Å². The highest BCUT2D eigenvalue weighted by molar-refractivity contribution is 9.09. The van der Waals surface area contributed by atoms with Crippen LogP contribution in [0.1, 0.15) is 141 Å². The Labute approximate surface area is 445 Å². The van der Waals surface area contributed by atoms with Gasteiger partial charge in [-0.25, -0.2) is 4.79 Å². The molecule has 4 aliphatic rings. The third-order valence-electron chi connectivity index (χ3n) is 11.9. The first-order valence-corrected chi connectivity index (χ1v) is 24.9. The molecular formula is C53H62BrF3N6O13. The summed E-state index contributed by atoms with van der Waals surface area (Å²) in [6.45, 7) is 6.37. The van der Waals surface area contributed by atoms with Gasteiger partial charge in [0.1, 0.15) is 29.2 Å². The van der Waals surface area contributed by atoms with Crippen LogP contribution in [0.25, 0.3) is 21.5 Å². The van der Waals surface area contributed by atoms with Gasteiger partial charge in [-0.05, 0) is 113 Å². The Morgan fingerprint density at radius 3 is 1.62 bits per heavy atom. The number of hydrogen-bond donors (Lipinski definition) is 5. The molecule has 10 amide bonds. The maximum atomic E-state index is 13.3. The number of imide groups is 4. The van der Waals surface area contributed by atoms with E-state index in [0.717, 1.165) is 34.4 Å². The number of rotatable bonds is 14. The summed E-state index contributed by atoms with van der Waals surface area (Å²) in [5.74, 6) is -6.46. The molecule has 23 heteroatoms. The summed E-state index contributed by atoms with van der Waals surface area (Å²) < 4.78 is 47.3. The third-order valence-corrected chi connectivity index (χ3v) is 12.4. The van der Waals surface area contributed by atoms with Crippen molar-refractivity contribution >= 4 is 96.7 Å². The van der Waals surface area contributed by atoms with Crippen LogP contribution in [0.4, 0.5) is 18.0 Å². The van der Waals surface area contributed by atoms with Gasteiger partial charge in [0.05, 0.1) is 17.7 Å². The molecule has 0 bridgehead atoms. The number of carbonyl (C=O) groups excluding carboxylic acids is 10. The molecule has 19 nitrogen and oxygen atoms in total. The molecule has 4 aliphatic heterocycles. The molecule has 0 saturated carbocycles. The van der Waals surface area contributed by atoms with E-state index in [1.165, 1.54) is 18.2 Å². The fraction of sp³-hybridized carbons (Fsp3) is 0.434. The van der Waals surface area contributed by atoms with Gasteiger partial charge in [0.15, 0.2) is 0 Å². The summed E-state index contributed by atoms with van der Waals surface area (Å²) >= 11 is 3.36. The Bertz CT molecular complexity index is 2910. The van der Waals surface area contributed by atoms with E-state index in [-0.39, 0.29) is 82.2 Å². The van der Waals surface area contributed by atoms with E-state index in [0.29, 0.717) is 58.7 Å². The molecule has 2 atom stereocenters. The highest BCUT2D eigenvalue weighted by atomic mass is 79.9. The minimum atomic E-state index is -4.91. The molecule has 0 aromatic heterocycles. The van der Waals surface area contributed by atoms with Crippen molar-refractivity contribution in [2.75, 3.05) is 25.0 Å². The second-order valence-electron chi connectivity index (χ2n) is 18.5. The smallest absolute Gasteiger partial charge is 0.471 e. The van der Waals surface area contributed by atoms with E-state index in [1.807, 2.05) is 20.8 Å². The molecule has 2 saturated heterocycles. The molecule has 4 heterocycles. The van der Waals surface area contributed by atoms with E-state index >= 15 is 0 Å². The second-order valence-corrected chi connectivity index (χ2v) is 19.3. The fourth-order valence-electron chi connectivity index (χ4n) is 8.51. The van der Waals surface area contributed by atoms with E-state index < -0.39 is 77.0 Å². The van der Waals surface area contributed by atoms with Crippen molar-refractivity contribution in [1.82, 2.24) is 31.1 Å². The van der Waals surface area contributed by atoms with E-state index in [9.17, 15) is 66.2 Å². The molecule has 0 spiro atoms. The third kappa shape index (κ3) is 14.9. The predicted octanol–water partition coefficient (Wildman–Crippen LogP) is 7.76. The standard InChI is InChI=1S/C24H22F3N3O6.C17H12N2O5.C10H20BrNO2.2CH4/c25-24(26,27)23(35)28-9-2-1-3-10-36-14-11-13-5-4-6-15-19(13)16(12-14)22(34)30(21(15)33)17-7-8-18(31)29-20(17)32;20-9-6-8-2-1-3-10-14(8)11(7-9)17(24)19(16(10)23)12-4-5-13(21)18-15(12)22;1-10(2,3)14-9(13)12-8-6-4-5-7-11;;/h4-6,11-12,17H,1-3,7-10H2,(H,28,35)(H,29,31,32);1-3,6-7,12,20H,4-5H2,(H,18,21,22);4-8H2,1-3H3,(H,12,13);2*1H4. The van der Waals surface area contributed by atoms with Gasteiger partial charge in [-0.15, -0.1) is 0 Å². The van der Waals surface area contributed by atoms with Crippen molar-refractivity contribution in [3.8, 4) is 11.5 Å². The van der Waals surface area contributed by atoms with Crippen molar-refractivity contribution < 1.29 is 75.7 Å². The van der Waals surface area contributed by atoms with Gasteiger partial charge in [-0.3, -0.25) is 63.6 Å². The zero-order valence-corrected chi connectivity index (χ0v) is 42.2. The SMILES string of the molecule is C.C.CC(C)(C)OC(=O)NCCCCCBr.O=C1CCC(N2C(=O)c3cccc4cc(O)cc(c34)C2=O)C(=O)N1.O=C1CCC(N2C(=O)c3cccc4cc(OCCCCCNC(=O)C(F)(F)F)cc(c34)C2=O)C(=O)N1. The highest BCUT2D eigenvalue weighted by Crippen LogP contribution is 2.37. The number of benzene rings is 4. The number of aromatic hydroxyl groups is 1. The highest BCUT2D eigenvalue weighted by Gasteiger charge is 2.44. The number of hydrogen-bond acceptors (Lipinski definition) is 13. The summed E-state index contributed by atoms with van der Waals surface area (Å²) in [6, 6.07) is 13.7. The lowest BCUT2D eigenvalue weighted by Gasteiger charge is -2.34. The topological polar surface area (TPSA) is 264 Å². The maximum absolute atomic E-state index is 13.3. The van der Waals surface area contributed by atoms with E-state index in [4.69, 9.17) is 9.47 Å². The number of unbranched alkanes of at least 4 members (excludes halogenated alkanes) is 4. The Morgan fingerprint density at radius 1 is 0.658 bits per heavy atom. The number of phenolic OH excluding ortho intramolecular Hbond substituents is 1. The Hall–Kier alpha value is -7.43. The number of halogens is 4. The maximum Gasteiger partial charge on any atom is 0.471 e. The first-order valence-electron chi connectivity index (χ1n) is 23.8. The summed E-state index contributed by atoms with van der Waals surface area (Å²) in [7, 11) is 0. The van der Waals surface area contributed by atoms with Crippen LogP contribution >= 0.6 is 15.9 Å². The monoisotopic (exact) mass is 1130 g/mol. The minimum absolute atomic E-state index is 0. The second kappa shape index (κ2) is 26.4. The van der Waals surface area contributed by atoms with Crippen molar-refractivity contribution in [2.24, 2.45) is 0 Å². The summed E-state index contributed by atoms with van der Waals surface area (Å²) in [5, 5.41) is 21.8. The number of carbonyl (C=O) groups is 10. The average molecular weight is 1130 g/mol. The van der Waals surface area contributed by atoms with Gasteiger partial charge < -0.3 is 25.2 Å². The first-order chi connectivity index (χ1) is 35.0. The fourth-order valence-corrected chi connectivity index (χ4v) is 8.91. The van der Waals surface area contributed by atoms with Crippen LogP contribution in [-0.2, 0) is 28.7 Å². The molecule has 4 aromatic carbocycles. The lowest BCUT2D eigenvalue weighted by atomic mass is 9.91. The van der Waals surface area contributed by atoms with Crippen molar-refractivity contribution in [3.63, 3.8) is 0 Å². The van der Waals surface area contributed by atoms with E-state index in [2.05, 4.69) is 31.9 Å². The molecule has 5 N–H and O–H groups in total. The Kier molecular flexibility index (Phi) is 21.2. The van der Waals surface area contributed by atoms with Crippen molar-refractivity contribution in [1.29, 1.82) is 0 Å². The first kappa shape index (κ1) is 61.1. The van der Waals surface area contributed by atoms with Crippen LogP contribution < -0.4 is 26.0 Å². The number of alkyl halides is 4. The van der Waals surface area contributed by atoms with Crippen LogP contribution in [-0.4, -0.2) is 123 Å². The summed E-state index contributed by atoms with van der Waals surface area (Å²) in [6.07, 6.45) is -0.437. The predicted molar refractivity (Wildman–Crippen MR) is 277 cm³/mol. The molecule has 4 aromatic rings. The quantitative estimate of drug-likeness (QED) is 0.0460. The van der Waals surface area contributed by atoms with Crippen LogP contribution in [0.3, 0.4) is 0 Å². The van der Waals surface area contributed by atoms with Gasteiger partial charge in [0.2, 0.25) is 23.6 Å². The molecule has 0 aliphatic carbocycles. The zero-order chi connectivity index (χ0) is 54.1. The number of amides is 10.